The number of halogens is 1. The molecule has 6 heteroatoms. The van der Waals surface area contributed by atoms with Gasteiger partial charge in [-0.3, -0.25) is 4.79 Å². The van der Waals surface area contributed by atoms with Crippen LogP contribution in [0.5, 0.6) is 0 Å². The molecule has 0 radical (unpaired) electrons. The Hall–Kier alpha value is -2.96. The zero-order chi connectivity index (χ0) is 23.6. The van der Waals surface area contributed by atoms with Gasteiger partial charge in [0.25, 0.3) is 0 Å². The van der Waals surface area contributed by atoms with E-state index in [-0.39, 0.29) is 18.2 Å². The SMILES string of the molecule is Cc1cc(-c2oc3c(C)ccc(C(C)C)c3c2/C=C/[C@@H](O)C[C@@H](O)CC(=O)O)ccc1F. The van der Waals surface area contributed by atoms with Gasteiger partial charge in [0.15, 0.2) is 0 Å². The summed E-state index contributed by atoms with van der Waals surface area (Å²) in [7, 11) is 0. The maximum atomic E-state index is 13.9. The van der Waals surface area contributed by atoms with E-state index in [1.807, 2.05) is 13.0 Å². The third kappa shape index (κ3) is 5.09. The lowest BCUT2D eigenvalue weighted by molar-refractivity contribution is -0.139. The van der Waals surface area contributed by atoms with E-state index in [0.717, 1.165) is 27.7 Å². The molecule has 170 valence electrons. The molecule has 0 amide bonds. The summed E-state index contributed by atoms with van der Waals surface area (Å²) in [5.74, 6) is -0.647. The van der Waals surface area contributed by atoms with Gasteiger partial charge in [0.2, 0.25) is 0 Å². The third-order valence-electron chi connectivity index (χ3n) is 5.56. The van der Waals surface area contributed by atoms with E-state index in [1.54, 1.807) is 25.1 Å². The number of carboxylic acid groups (broad SMARTS) is 1. The van der Waals surface area contributed by atoms with Crippen molar-refractivity contribution in [3.63, 3.8) is 0 Å². The molecule has 0 aliphatic heterocycles. The molecule has 0 spiro atoms. The lowest BCUT2D eigenvalue weighted by Crippen LogP contribution is -2.19. The van der Waals surface area contributed by atoms with E-state index in [2.05, 4.69) is 19.9 Å². The van der Waals surface area contributed by atoms with E-state index in [4.69, 9.17) is 9.52 Å². The van der Waals surface area contributed by atoms with Gasteiger partial charge < -0.3 is 19.7 Å². The van der Waals surface area contributed by atoms with Crippen LogP contribution in [-0.2, 0) is 4.79 Å². The van der Waals surface area contributed by atoms with Crippen molar-refractivity contribution in [3.8, 4) is 11.3 Å². The number of carbonyl (C=O) groups is 1. The lowest BCUT2D eigenvalue weighted by atomic mass is 9.93. The Morgan fingerprint density at radius 1 is 1.12 bits per heavy atom. The second-order valence-electron chi connectivity index (χ2n) is 8.55. The number of aliphatic carboxylic acids is 1. The largest absolute Gasteiger partial charge is 0.481 e. The Morgan fingerprint density at radius 3 is 2.47 bits per heavy atom. The molecule has 0 saturated carbocycles. The molecule has 0 saturated heterocycles. The van der Waals surface area contributed by atoms with Gasteiger partial charge in [-0.05, 0) is 54.7 Å². The molecule has 2 atom stereocenters. The molecular formula is C26H29FO5. The van der Waals surface area contributed by atoms with Gasteiger partial charge in [0, 0.05) is 22.9 Å². The maximum Gasteiger partial charge on any atom is 0.305 e. The Labute approximate surface area is 186 Å². The molecule has 0 unspecified atom stereocenters. The fourth-order valence-corrected chi connectivity index (χ4v) is 3.87. The maximum absolute atomic E-state index is 13.9. The molecule has 3 N–H and O–H groups in total. The topological polar surface area (TPSA) is 90.9 Å². The second-order valence-corrected chi connectivity index (χ2v) is 8.55. The number of hydrogen-bond donors (Lipinski definition) is 3. The highest BCUT2D eigenvalue weighted by Crippen LogP contribution is 2.40. The Balaban J connectivity index is 2.14. The minimum absolute atomic E-state index is 0.0976. The fourth-order valence-electron chi connectivity index (χ4n) is 3.87. The van der Waals surface area contributed by atoms with E-state index in [0.29, 0.717) is 16.9 Å². The highest BCUT2D eigenvalue weighted by Gasteiger charge is 2.21. The molecule has 0 fully saturated rings. The molecule has 0 bridgehead atoms. The summed E-state index contributed by atoms with van der Waals surface area (Å²) in [6.07, 6.45) is 0.548. The number of benzene rings is 2. The quantitative estimate of drug-likeness (QED) is 0.425. The number of carboxylic acids is 1. The van der Waals surface area contributed by atoms with E-state index in [1.165, 1.54) is 12.1 Å². The highest BCUT2D eigenvalue weighted by molar-refractivity contribution is 5.98. The van der Waals surface area contributed by atoms with Crippen LogP contribution in [0.4, 0.5) is 4.39 Å². The normalized spacial score (nSPS) is 13.9. The third-order valence-corrected chi connectivity index (χ3v) is 5.56. The summed E-state index contributed by atoms with van der Waals surface area (Å²) >= 11 is 0. The minimum atomic E-state index is -1.15. The molecule has 1 aromatic heterocycles. The van der Waals surface area contributed by atoms with Gasteiger partial charge in [0.05, 0.1) is 18.6 Å². The first-order chi connectivity index (χ1) is 15.1. The Bertz CT molecular complexity index is 1160. The van der Waals surface area contributed by atoms with Crippen LogP contribution >= 0.6 is 0 Å². The smallest absolute Gasteiger partial charge is 0.305 e. The first kappa shape index (κ1) is 23.7. The number of fused-ring (bicyclic) bond motifs is 1. The fraction of sp³-hybridized carbons (Fsp3) is 0.346. The van der Waals surface area contributed by atoms with Crippen LogP contribution in [-0.4, -0.2) is 33.5 Å². The Morgan fingerprint density at radius 2 is 1.84 bits per heavy atom. The minimum Gasteiger partial charge on any atom is -0.481 e. The van der Waals surface area contributed by atoms with Crippen LogP contribution in [0.15, 0.2) is 40.8 Å². The van der Waals surface area contributed by atoms with Crippen LogP contribution in [0.2, 0.25) is 0 Å². The standard InChI is InChI=1S/C26H29FO5/c1-14(2)20-8-5-15(3)25-24(20)21(9-7-18(28)12-19(29)13-23(30)31)26(32-25)17-6-10-22(27)16(4)11-17/h5-11,14,18-19,28-29H,12-13H2,1-4H3,(H,30,31)/b9-7+/t18-,19-/m1/s1. The average Bonchev–Trinajstić information content (AvgIpc) is 3.08. The van der Waals surface area contributed by atoms with E-state index >= 15 is 0 Å². The first-order valence-corrected chi connectivity index (χ1v) is 10.7. The van der Waals surface area contributed by atoms with Crippen molar-refractivity contribution in [2.75, 3.05) is 0 Å². The second kappa shape index (κ2) is 9.67. The van der Waals surface area contributed by atoms with E-state index in [9.17, 15) is 19.4 Å². The monoisotopic (exact) mass is 440 g/mol. The number of aliphatic hydroxyl groups excluding tert-OH is 2. The molecule has 0 aliphatic rings. The number of rotatable bonds is 8. The van der Waals surface area contributed by atoms with Crippen molar-refractivity contribution in [1.29, 1.82) is 0 Å². The van der Waals surface area contributed by atoms with Crippen LogP contribution in [0, 0.1) is 19.7 Å². The zero-order valence-electron chi connectivity index (χ0n) is 18.7. The van der Waals surface area contributed by atoms with Gasteiger partial charge in [-0.15, -0.1) is 0 Å². The molecule has 2 aromatic carbocycles. The van der Waals surface area contributed by atoms with Crippen LogP contribution in [0.1, 0.15) is 54.9 Å². The summed E-state index contributed by atoms with van der Waals surface area (Å²) < 4.78 is 20.2. The average molecular weight is 441 g/mol. The Kier molecular flexibility index (Phi) is 7.16. The van der Waals surface area contributed by atoms with Gasteiger partial charge in [-0.25, -0.2) is 4.39 Å². The summed E-state index contributed by atoms with van der Waals surface area (Å²) in [5, 5.41) is 29.9. The number of aliphatic hydroxyl groups is 2. The summed E-state index contributed by atoms with van der Waals surface area (Å²) in [6, 6.07) is 8.85. The molecule has 32 heavy (non-hydrogen) atoms. The molecular weight excluding hydrogens is 411 g/mol. The van der Waals surface area contributed by atoms with Crippen LogP contribution in [0.3, 0.4) is 0 Å². The van der Waals surface area contributed by atoms with Crippen molar-refractivity contribution in [2.24, 2.45) is 0 Å². The molecule has 3 aromatic rings. The summed E-state index contributed by atoms with van der Waals surface area (Å²) in [4.78, 5) is 10.8. The summed E-state index contributed by atoms with van der Waals surface area (Å²) in [6.45, 7) is 7.82. The van der Waals surface area contributed by atoms with Crippen LogP contribution in [0.25, 0.3) is 28.4 Å². The van der Waals surface area contributed by atoms with Crippen molar-refractivity contribution in [2.45, 2.75) is 58.7 Å². The number of aryl methyl sites for hydroxylation is 2. The summed E-state index contributed by atoms with van der Waals surface area (Å²) in [5.41, 5.74) is 4.74. The molecule has 1 heterocycles. The zero-order valence-corrected chi connectivity index (χ0v) is 18.7. The lowest BCUT2D eigenvalue weighted by Gasteiger charge is -2.11. The van der Waals surface area contributed by atoms with Crippen molar-refractivity contribution in [3.05, 3.63) is 64.5 Å². The van der Waals surface area contributed by atoms with Crippen molar-refractivity contribution in [1.82, 2.24) is 0 Å². The number of furan rings is 1. The van der Waals surface area contributed by atoms with Crippen molar-refractivity contribution < 1.29 is 28.9 Å². The molecule has 0 aliphatic carbocycles. The molecule has 3 rings (SSSR count). The van der Waals surface area contributed by atoms with Gasteiger partial charge in [0.1, 0.15) is 17.2 Å². The highest BCUT2D eigenvalue weighted by atomic mass is 19.1. The predicted octanol–water partition coefficient (Wildman–Crippen LogP) is 5.58. The van der Waals surface area contributed by atoms with Gasteiger partial charge in [-0.2, -0.15) is 0 Å². The molecule has 5 nitrogen and oxygen atoms in total. The van der Waals surface area contributed by atoms with Crippen LogP contribution < -0.4 is 0 Å². The van der Waals surface area contributed by atoms with Gasteiger partial charge >= 0.3 is 5.97 Å². The van der Waals surface area contributed by atoms with E-state index < -0.39 is 24.6 Å². The number of hydrogen-bond acceptors (Lipinski definition) is 4. The van der Waals surface area contributed by atoms with Crippen molar-refractivity contribution >= 4 is 23.0 Å². The first-order valence-electron chi connectivity index (χ1n) is 10.7. The van der Waals surface area contributed by atoms with Gasteiger partial charge in [-0.1, -0.05) is 38.1 Å². The predicted molar refractivity (Wildman–Crippen MR) is 123 cm³/mol.